The number of sulfonamides is 1. The third-order valence-corrected chi connectivity index (χ3v) is 7.19. The topological polar surface area (TPSA) is 131 Å². The summed E-state index contributed by atoms with van der Waals surface area (Å²) in [7, 11) is -3.81. The smallest absolute Gasteiger partial charge is 0.431 e. The van der Waals surface area contributed by atoms with E-state index in [1.807, 2.05) is 0 Å². The number of aryl methyl sites for hydroxylation is 1. The van der Waals surface area contributed by atoms with E-state index in [0.717, 1.165) is 5.56 Å². The fourth-order valence-electron chi connectivity index (χ4n) is 3.51. The van der Waals surface area contributed by atoms with Gasteiger partial charge < -0.3 is 4.74 Å². The number of rotatable bonds is 7. The highest BCUT2D eigenvalue weighted by Gasteiger charge is 2.36. The number of nitriles is 1. The largest absolute Gasteiger partial charge is 0.484 e. The van der Waals surface area contributed by atoms with E-state index in [9.17, 15) is 41.2 Å². The molecule has 39 heavy (non-hydrogen) atoms. The third kappa shape index (κ3) is 5.85. The molecular weight excluding hydrogens is 548 g/mol. The van der Waals surface area contributed by atoms with Crippen LogP contribution >= 0.6 is 0 Å². The van der Waals surface area contributed by atoms with Crippen molar-refractivity contribution in [3.8, 4) is 17.5 Å². The van der Waals surface area contributed by atoms with Crippen LogP contribution in [0.15, 0.2) is 52.1 Å². The van der Waals surface area contributed by atoms with Crippen molar-refractivity contribution in [1.82, 2.24) is 9.13 Å². The number of alkyl halides is 3. The number of aromatic nitrogens is 2. The molecule has 15 heteroatoms. The summed E-state index contributed by atoms with van der Waals surface area (Å²) >= 11 is 0. The van der Waals surface area contributed by atoms with E-state index in [1.165, 1.54) is 25.1 Å². The molecule has 3 rings (SSSR count). The lowest BCUT2D eigenvalue weighted by atomic mass is 10.1. The maximum atomic E-state index is 15.0. The Bertz CT molecular complexity index is 1710. The van der Waals surface area contributed by atoms with Gasteiger partial charge in [-0.2, -0.15) is 18.4 Å². The second kappa shape index (κ2) is 10.7. The maximum absolute atomic E-state index is 15.0. The van der Waals surface area contributed by atoms with E-state index in [4.69, 9.17) is 4.74 Å². The van der Waals surface area contributed by atoms with Crippen LogP contribution in [0.5, 0.6) is 5.75 Å². The Hall–Kier alpha value is -4.45. The van der Waals surface area contributed by atoms with Gasteiger partial charge in [0, 0.05) is 13.1 Å². The molecule has 3 aromatic rings. The van der Waals surface area contributed by atoms with Gasteiger partial charge in [-0.3, -0.25) is 14.2 Å². The number of nitrogens with zero attached hydrogens (tertiary/aromatic N) is 4. The van der Waals surface area contributed by atoms with Crippen molar-refractivity contribution in [2.24, 2.45) is 7.05 Å². The van der Waals surface area contributed by atoms with E-state index in [2.05, 4.69) is 0 Å². The number of hydrogen-bond acceptors (Lipinski definition) is 7. The van der Waals surface area contributed by atoms with E-state index in [0.29, 0.717) is 19.2 Å². The predicted octanol–water partition coefficient (Wildman–Crippen LogP) is 2.64. The quantitative estimate of drug-likeness (QED) is 0.401. The van der Waals surface area contributed by atoms with Crippen molar-refractivity contribution in [1.29, 1.82) is 5.26 Å². The Labute approximate surface area is 218 Å². The van der Waals surface area contributed by atoms with Crippen LogP contribution in [-0.2, 0) is 28.0 Å². The van der Waals surface area contributed by atoms with E-state index in [-0.39, 0.29) is 25.3 Å². The molecule has 0 fully saturated rings. The first kappa shape index (κ1) is 29.1. The Kier molecular flexibility index (Phi) is 8.01. The van der Waals surface area contributed by atoms with Gasteiger partial charge in [-0.15, -0.1) is 0 Å². The number of amides is 1. The highest BCUT2D eigenvalue weighted by molar-refractivity contribution is 7.93. The van der Waals surface area contributed by atoms with Crippen LogP contribution in [0, 0.1) is 24.1 Å². The minimum Gasteiger partial charge on any atom is -0.484 e. The highest BCUT2D eigenvalue weighted by atomic mass is 32.2. The molecule has 0 atom stereocenters. The predicted molar refractivity (Wildman–Crippen MR) is 131 cm³/mol. The summed E-state index contributed by atoms with van der Waals surface area (Å²) in [6.07, 6.45) is -5.09. The molecule has 0 N–H and O–H groups in total. The molecule has 0 bridgehead atoms. The SMILES string of the molecule is CCS(=O)(=O)N(C(=O)COc1ccc(C)cc1)c1cc(-n2c(=O)cc(C(F)(F)F)n(C)c2=O)c(F)cc1C#N. The second-order valence-electron chi connectivity index (χ2n) is 8.14. The average molecular weight is 569 g/mol. The molecule has 0 aliphatic carbocycles. The molecule has 1 aromatic heterocycles. The molecule has 1 heterocycles. The van der Waals surface area contributed by atoms with Crippen LogP contribution in [0.2, 0.25) is 0 Å². The van der Waals surface area contributed by atoms with Crippen molar-refractivity contribution in [2.45, 2.75) is 20.0 Å². The Morgan fingerprint density at radius 3 is 2.28 bits per heavy atom. The average Bonchev–Trinajstić information content (AvgIpc) is 2.86. The van der Waals surface area contributed by atoms with Crippen LogP contribution in [0.1, 0.15) is 23.7 Å². The van der Waals surface area contributed by atoms with Gasteiger partial charge in [0.15, 0.2) is 6.61 Å². The Morgan fingerprint density at radius 1 is 1.13 bits per heavy atom. The van der Waals surface area contributed by atoms with Crippen molar-refractivity contribution in [3.63, 3.8) is 0 Å². The molecule has 0 aliphatic heterocycles. The van der Waals surface area contributed by atoms with Crippen molar-refractivity contribution in [3.05, 3.63) is 85.9 Å². The fourth-order valence-corrected chi connectivity index (χ4v) is 4.58. The molecule has 0 unspecified atom stereocenters. The summed E-state index contributed by atoms with van der Waals surface area (Å²) in [6.45, 7) is 2.14. The van der Waals surface area contributed by atoms with Gasteiger partial charge in [0.2, 0.25) is 10.0 Å². The summed E-state index contributed by atoms with van der Waals surface area (Å²) < 4.78 is 86.1. The van der Waals surface area contributed by atoms with Crippen molar-refractivity contribution < 1.29 is 35.5 Å². The van der Waals surface area contributed by atoms with Gasteiger partial charge in [0.05, 0.1) is 22.7 Å². The second-order valence-corrected chi connectivity index (χ2v) is 10.2. The van der Waals surface area contributed by atoms with Gasteiger partial charge in [-0.05, 0) is 38.1 Å². The zero-order valence-corrected chi connectivity index (χ0v) is 21.4. The first-order chi connectivity index (χ1) is 18.1. The van der Waals surface area contributed by atoms with Crippen LogP contribution < -0.4 is 20.3 Å². The first-order valence-corrected chi connectivity index (χ1v) is 12.6. The third-order valence-electron chi connectivity index (χ3n) is 5.51. The van der Waals surface area contributed by atoms with Crippen LogP contribution in [0.4, 0.5) is 23.2 Å². The van der Waals surface area contributed by atoms with Crippen molar-refractivity contribution in [2.75, 3.05) is 16.7 Å². The molecule has 2 aromatic carbocycles. The molecular formula is C24H20F4N4O6S. The minimum absolute atomic E-state index is 0.0270. The molecule has 0 saturated heterocycles. The number of halogens is 4. The minimum atomic E-state index is -5.09. The van der Waals surface area contributed by atoms with E-state index in [1.54, 1.807) is 19.1 Å². The van der Waals surface area contributed by atoms with E-state index < -0.39 is 74.2 Å². The molecule has 0 aliphatic rings. The van der Waals surface area contributed by atoms with Crippen molar-refractivity contribution >= 4 is 21.6 Å². The number of carbonyl (C=O) groups is 1. The first-order valence-electron chi connectivity index (χ1n) is 11.0. The fraction of sp³-hybridized carbons (Fsp3) is 0.250. The van der Waals surface area contributed by atoms with Gasteiger partial charge in [0.1, 0.15) is 23.3 Å². The summed E-state index contributed by atoms with van der Waals surface area (Å²) in [5.41, 5.74) is -6.31. The number of carbonyl (C=O) groups excluding carboxylic acids is 1. The molecule has 206 valence electrons. The molecule has 0 spiro atoms. The van der Waals surface area contributed by atoms with Gasteiger partial charge in [-0.25, -0.2) is 26.5 Å². The van der Waals surface area contributed by atoms with Gasteiger partial charge >= 0.3 is 11.9 Å². The van der Waals surface area contributed by atoms with E-state index >= 15 is 4.39 Å². The maximum Gasteiger partial charge on any atom is 0.431 e. The summed E-state index contributed by atoms with van der Waals surface area (Å²) in [6, 6.07) is 8.98. The highest BCUT2D eigenvalue weighted by Crippen LogP contribution is 2.30. The molecule has 0 saturated carbocycles. The van der Waals surface area contributed by atoms with Gasteiger partial charge in [0.25, 0.3) is 11.5 Å². The Morgan fingerprint density at radius 2 is 1.74 bits per heavy atom. The summed E-state index contributed by atoms with van der Waals surface area (Å²) in [5.74, 6) is -3.07. The van der Waals surface area contributed by atoms with Gasteiger partial charge in [-0.1, -0.05) is 17.7 Å². The zero-order chi connectivity index (χ0) is 29.3. The standard InChI is InChI=1S/C24H20F4N4O6S/c1-4-39(36,37)32(22(34)13-38-16-7-5-14(2)6-8-16)18-10-19(17(25)9-15(18)12-29)31-21(33)11-20(24(26,27)28)30(3)23(31)35/h5-11H,4,13H2,1-3H3. The lowest BCUT2D eigenvalue weighted by molar-refractivity contribution is -0.144. The normalized spacial score (nSPS) is 11.6. The molecule has 1 amide bonds. The molecule has 10 nitrogen and oxygen atoms in total. The zero-order valence-electron chi connectivity index (χ0n) is 20.6. The summed E-state index contributed by atoms with van der Waals surface area (Å²) in [5, 5.41) is 9.55. The van der Waals surface area contributed by atoms with Crippen LogP contribution in [-0.4, -0.2) is 35.8 Å². The van der Waals surface area contributed by atoms with Crippen LogP contribution in [0.25, 0.3) is 5.69 Å². The lowest BCUT2D eigenvalue weighted by Gasteiger charge is -2.24. The lowest BCUT2D eigenvalue weighted by Crippen LogP contribution is -2.43. The number of benzene rings is 2. The number of hydrogen-bond donors (Lipinski definition) is 0. The van der Waals surface area contributed by atoms with Crippen LogP contribution in [0.3, 0.4) is 0 Å². The Balaban J connectivity index is 2.22. The summed E-state index contributed by atoms with van der Waals surface area (Å²) in [4.78, 5) is 38.3. The monoisotopic (exact) mass is 568 g/mol. The number of anilines is 1. The number of ether oxygens (including phenoxy) is 1. The molecule has 0 radical (unpaired) electrons.